The van der Waals surface area contributed by atoms with Gasteiger partial charge in [-0.05, 0) is 49.8 Å². The van der Waals surface area contributed by atoms with Crippen molar-refractivity contribution in [1.29, 1.82) is 5.26 Å². The van der Waals surface area contributed by atoms with Crippen LogP contribution in [0.5, 0.6) is 0 Å². The van der Waals surface area contributed by atoms with Crippen LogP contribution in [0.2, 0.25) is 0 Å². The first-order valence-electron chi connectivity index (χ1n) is 11.4. The van der Waals surface area contributed by atoms with Gasteiger partial charge in [-0.1, -0.05) is 60.7 Å². The first-order chi connectivity index (χ1) is 16.2. The van der Waals surface area contributed by atoms with Crippen LogP contribution < -0.4 is 10.5 Å². The van der Waals surface area contributed by atoms with E-state index in [0.717, 1.165) is 48.4 Å². The van der Waals surface area contributed by atoms with Crippen molar-refractivity contribution in [3.8, 4) is 6.07 Å². The van der Waals surface area contributed by atoms with Gasteiger partial charge in [-0.25, -0.2) is 0 Å². The predicted molar refractivity (Wildman–Crippen MR) is 142 cm³/mol. The monoisotopic (exact) mass is 492 g/mol. The topological polar surface area (TPSA) is 69.3 Å². The van der Waals surface area contributed by atoms with Gasteiger partial charge in [0.25, 0.3) is 11.5 Å². The summed E-state index contributed by atoms with van der Waals surface area (Å²) in [7, 11) is 1.70. The molecule has 2 aromatic rings. The molecule has 8 heteroatoms. The fraction of sp³-hybridized carbons (Fsp3) is 0.385. The Labute approximate surface area is 209 Å². The van der Waals surface area contributed by atoms with E-state index in [1.165, 1.54) is 11.8 Å². The number of benzene rings is 1. The Morgan fingerprint density at radius 1 is 1.18 bits per heavy atom. The largest absolute Gasteiger partial charge is 0.357 e. The first-order valence-corrected chi connectivity index (χ1v) is 12.6. The Balaban J connectivity index is 1.75. The Morgan fingerprint density at radius 3 is 2.44 bits per heavy atom. The number of thiocarbonyl (C=S) groups is 1. The molecule has 3 heterocycles. The van der Waals surface area contributed by atoms with Crippen molar-refractivity contribution in [2.45, 2.75) is 40.2 Å². The lowest BCUT2D eigenvalue weighted by molar-refractivity contribution is -0.122. The molecule has 0 saturated carbocycles. The first kappa shape index (κ1) is 24.2. The minimum Gasteiger partial charge on any atom is -0.357 e. The molecule has 0 atom stereocenters. The van der Waals surface area contributed by atoms with Crippen LogP contribution in [0.3, 0.4) is 0 Å². The standard InChI is InChI=1S/C26H28N4O2S2/c1-16-5-7-19(8-6-16)15-30-25(32)22(34-26(30)33)13-20-18(3)21(14-27)24(31)28(4)23(20)29-11-9-17(2)10-12-29/h5-8,13,17H,9-12,15H2,1-4H3/b22-13-. The van der Waals surface area contributed by atoms with E-state index in [0.29, 0.717) is 27.3 Å². The van der Waals surface area contributed by atoms with Gasteiger partial charge in [0.2, 0.25) is 0 Å². The van der Waals surface area contributed by atoms with Gasteiger partial charge in [-0.3, -0.25) is 19.1 Å². The average molecular weight is 493 g/mol. The number of amides is 1. The Morgan fingerprint density at radius 2 is 1.82 bits per heavy atom. The van der Waals surface area contributed by atoms with Gasteiger partial charge in [0, 0.05) is 25.7 Å². The minimum atomic E-state index is -0.308. The molecule has 4 rings (SSSR count). The molecule has 1 aromatic heterocycles. The molecule has 2 fully saturated rings. The summed E-state index contributed by atoms with van der Waals surface area (Å²) in [5, 5.41) is 9.67. The van der Waals surface area contributed by atoms with Crippen LogP contribution in [0.1, 0.15) is 47.6 Å². The maximum Gasteiger partial charge on any atom is 0.270 e. The van der Waals surface area contributed by atoms with Gasteiger partial charge in [0.15, 0.2) is 0 Å². The maximum atomic E-state index is 13.3. The second kappa shape index (κ2) is 9.77. The van der Waals surface area contributed by atoms with E-state index >= 15 is 0 Å². The van der Waals surface area contributed by atoms with E-state index in [9.17, 15) is 14.9 Å². The summed E-state index contributed by atoms with van der Waals surface area (Å²) >= 11 is 6.81. The molecule has 2 aliphatic rings. The Kier molecular flexibility index (Phi) is 6.96. The van der Waals surface area contributed by atoms with Crippen LogP contribution in [-0.4, -0.2) is 32.8 Å². The second-order valence-corrected chi connectivity index (χ2v) is 10.8. The molecule has 34 heavy (non-hydrogen) atoms. The highest BCUT2D eigenvalue weighted by Gasteiger charge is 2.33. The number of aromatic nitrogens is 1. The van der Waals surface area contributed by atoms with E-state index in [-0.39, 0.29) is 17.0 Å². The van der Waals surface area contributed by atoms with Crippen molar-refractivity contribution in [1.82, 2.24) is 9.47 Å². The molecule has 0 bridgehead atoms. The van der Waals surface area contributed by atoms with Crippen LogP contribution in [0.15, 0.2) is 34.0 Å². The van der Waals surface area contributed by atoms with Crippen molar-refractivity contribution < 1.29 is 4.79 Å². The third kappa shape index (κ3) is 4.55. The zero-order valence-electron chi connectivity index (χ0n) is 19.9. The van der Waals surface area contributed by atoms with Crippen LogP contribution >= 0.6 is 24.0 Å². The molecule has 6 nitrogen and oxygen atoms in total. The lowest BCUT2D eigenvalue weighted by Gasteiger charge is -2.34. The average Bonchev–Trinajstić information content (AvgIpc) is 3.07. The van der Waals surface area contributed by atoms with Gasteiger partial charge >= 0.3 is 0 Å². The van der Waals surface area contributed by atoms with E-state index in [2.05, 4.69) is 17.9 Å². The molecule has 0 unspecified atom stereocenters. The molecular weight excluding hydrogens is 464 g/mol. The summed E-state index contributed by atoms with van der Waals surface area (Å²) in [5.74, 6) is 1.24. The van der Waals surface area contributed by atoms with Gasteiger partial charge in [-0.15, -0.1) is 0 Å². The molecular formula is C26H28N4O2S2. The fourth-order valence-electron chi connectivity index (χ4n) is 4.46. The number of nitrogens with zero attached hydrogens (tertiary/aromatic N) is 4. The number of hydrogen-bond acceptors (Lipinski definition) is 6. The summed E-state index contributed by atoms with van der Waals surface area (Å²) < 4.78 is 2.06. The smallest absolute Gasteiger partial charge is 0.270 e. The number of nitriles is 1. The van der Waals surface area contributed by atoms with E-state index < -0.39 is 0 Å². The molecule has 0 aliphatic carbocycles. The van der Waals surface area contributed by atoms with Gasteiger partial charge < -0.3 is 4.90 Å². The van der Waals surface area contributed by atoms with Crippen molar-refractivity contribution in [3.63, 3.8) is 0 Å². The van der Waals surface area contributed by atoms with Crippen LogP contribution in [0.25, 0.3) is 6.08 Å². The lowest BCUT2D eigenvalue weighted by atomic mass is 9.97. The Hall–Kier alpha value is -2.89. The minimum absolute atomic E-state index is 0.109. The molecule has 0 N–H and O–H groups in total. The predicted octanol–water partition coefficient (Wildman–Crippen LogP) is 4.51. The summed E-state index contributed by atoms with van der Waals surface area (Å²) in [4.78, 5) is 30.6. The van der Waals surface area contributed by atoms with E-state index in [1.54, 1.807) is 23.4 Å². The van der Waals surface area contributed by atoms with Crippen molar-refractivity contribution in [3.05, 3.63) is 67.3 Å². The highest BCUT2D eigenvalue weighted by atomic mass is 32.2. The third-order valence-corrected chi connectivity index (χ3v) is 8.04. The molecule has 2 aliphatic heterocycles. The van der Waals surface area contributed by atoms with Crippen LogP contribution in [0, 0.1) is 31.1 Å². The number of pyridine rings is 1. The van der Waals surface area contributed by atoms with E-state index in [4.69, 9.17) is 12.2 Å². The summed E-state index contributed by atoms with van der Waals surface area (Å²) in [5.41, 5.74) is 3.31. The quantitative estimate of drug-likeness (QED) is 0.462. The SMILES string of the molecule is Cc1ccc(CN2C(=O)/C(=C/c3c(C)c(C#N)c(=O)n(C)c3N3CCC(C)CC3)SC2=S)cc1. The highest BCUT2D eigenvalue weighted by molar-refractivity contribution is 8.26. The number of rotatable bonds is 4. The van der Waals surface area contributed by atoms with Crippen LogP contribution in [-0.2, 0) is 18.4 Å². The third-order valence-electron chi connectivity index (χ3n) is 6.66. The number of aryl methyl sites for hydroxylation is 1. The normalized spacial score (nSPS) is 18.1. The zero-order valence-corrected chi connectivity index (χ0v) is 21.6. The number of piperidine rings is 1. The Bertz CT molecular complexity index is 1280. The van der Waals surface area contributed by atoms with Crippen LogP contribution in [0.4, 0.5) is 5.82 Å². The lowest BCUT2D eigenvalue weighted by Crippen LogP contribution is -2.38. The molecule has 0 radical (unpaired) electrons. The molecule has 0 spiro atoms. The molecule has 1 aromatic carbocycles. The number of thioether (sulfide) groups is 1. The number of anilines is 1. The maximum absolute atomic E-state index is 13.3. The van der Waals surface area contributed by atoms with Gasteiger partial charge in [-0.2, -0.15) is 5.26 Å². The van der Waals surface area contributed by atoms with Crippen molar-refractivity contribution in [2.75, 3.05) is 18.0 Å². The fourth-order valence-corrected chi connectivity index (χ4v) is 5.69. The van der Waals surface area contributed by atoms with Crippen molar-refractivity contribution in [2.24, 2.45) is 13.0 Å². The molecule has 176 valence electrons. The summed E-state index contributed by atoms with van der Waals surface area (Å²) in [6.45, 7) is 8.12. The highest BCUT2D eigenvalue weighted by Crippen LogP contribution is 2.37. The summed E-state index contributed by atoms with van der Waals surface area (Å²) in [6, 6.07) is 10.1. The summed E-state index contributed by atoms with van der Waals surface area (Å²) in [6.07, 6.45) is 3.88. The molecule has 1 amide bonds. The number of carbonyl (C=O) groups excluding carboxylic acids is 1. The second-order valence-electron chi connectivity index (χ2n) is 9.14. The van der Waals surface area contributed by atoms with E-state index in [1.807, 2.05) is 37.3 Å². The molecule has 2 saturated heterocycles. The van der Waals surface area contributed by atoms with Gasteiger partial charge in [0.05, 0.1) is 11.4 Å². The number of carbonyl (C=O) groups is 1. The van der Waals surface area contributed by atoms with Crippen molar-refractivity contribution >= 4 is 46.1 Å². The van der Waals surface area contributed by atoms with Gasteiger partial charge in [0.1, 0.15) is 21.8 Å². The zero-order chi connectivity index (χ0) is 24.6. The number of hydrogen-bond donors (Lipinski definition) is 0.